The molecule has 0 N–H and O–H groups in total. The summed E-state index contributed by atoms with van der Waals surface area (Å²) in [5, 5.41) is 0. The summed E-state index contributed by atoms with van der Waals surface area (Å²) in [5.74, 6) is 1.82. The molecule has 220 valence electrons. The SMILES string of the molecule is CCOC(=O)C1=C(C)N=c2s/c(=C/c3cc(I)c(OCc4ccccc4)c(OC)c3)c(=O)n2C1c1ccc2c(c1)OCO2. The van der Waals surface area contributed by atoms with Crippen LogP contribution >= 0.6 is 33.9 Å². The Kier molecular flexibility index (Phi) is 8.26. The van der Waals surface area contributed by atoms with Crippen LogP contribution in [-0.4, -0.2) is 31.0 Å². The summed E-state index contributed by atoms with van der Waals surface area (Å²) < 4.78 is 31.1. The Bertz CT molecular complexity index is 1930. The molecule has 0 fully saturated rings. The van der Waals surface area contributed by atoms with Crippen molar-refractivity contribution in [2.24, 2.45) is 4.99 Å². The van der Waals surface area contributed by atoms with Crippen LogP contribution in [-0.2, 0) is 16.1 Å². The summed E-state index contributed by atoms with van der Waals surface area (Å²) in [4.78, 5) is 32.4. The number of methoxy groups -OCH3 is 1. The molecule has 1 unspecified atom stereocenters. The average Bonchev–Trinajstić information content (AvgIpc) is 3.59. The van der Waals surface area contributed by atoms with Gasteiger partial charge in [-0.2, -0.15) is 0 Å². The van der Waals surface area contributed by atoms with Gasteiger partial charge in [-0.15, -0.1) is 0 Å². The summed E-state index contributed by atoms with van der Waals surface area (Å²) in [6.45, 7) is 4.20. The van der Waals surface area contributed by atoms with Crippen molar-refractivity contribution in [1.29, 1.82) is 0 Å². The van der Waals surface area contributed by atoms with Gasteiger partial charge in [-0.05, 0) is 83.5 Å². The zero-order valence-corrected chi connectivity index (χ0v) is 26.6. The van der Waals surface area contributed by atoms with Gasteiger partial charge < -0.3 is 23.7 Å². The number of hydrogen-bond donors (Lipinski definition) is 0. The lowest BCUT2D eigenvalue weighted by molar-refractivity contribution is -0.139. The van der Waals surface area contributed by atoms with Crippen molar-refractivity contribution in [1.82, 2.24) is 4.57 Å². The standard InChI is InChI=1S/C32H27IN2O7S/c1-4-39-31(37)27-18(2)34-32-35(28(27)21-10-11-23-24(15-21)42-17-41-23)30(36)26(43-32)14-20-12-22(33)29(25(13-20)38-3)40-16-19-8-6-5-7-9-19/h5-15,28H,4,16-17H2,1-3H3/b26-14+. The minimum atomic E-state index is -0.754. The molecule has 1 aromatic heterocycles. The average molecular weight is 711 g/mol. The van der Waals surface area contributed by atoms with Crippen molar-refractivity contribution in [3.05, 3.63) is 112 Å². The normalized spacial score (nSPS) is 15.6. The summed E-state index contributed by atoms with van der Waals surface area (Å²) in [7, 11) is 1.59. The van der Waals surface area contributed by atoms with E-state index in [0.717, 1.165) is 14.7 Å². The van der Waals surface area contributed by atoms with Crippen molar-refractivity contribution >= 4 is 46.0 Å². The van der Waals surface area contributed by atoms with E-state index in [2.05, 4.69) is 27.6 Å². The van der Waals surface area contributed by atoms with Crippen LogP contribution in [0.5, 0.6) is 23.0 Å². The van der Waals surface area contributed by atoms with Gasteiger partial charge in [0, 0.05) is 0 Å². The summed E-state index contributed by atoms with van der Waals surface area (Å²) in [6.07, 6.45) is 1.80. The Hall–Kier alpha value is -4.10. The third-order valence-electron chi connectivity index (χ3n) is 7.00. The molecule has 0 saturated carbocycles. The lowest BCUT2D eigenvalue weighted by Gasteiger charge is -2.24. The van der Waals surface area contributed by atoms with E-state index in [1.165, 1.54) is 11.3 Å². The fraction of sp³-hybridized carbons (Fsp3) is 0.219. The number of benzene rings is 3. The first-order valence-corrected chi connectivity index (χ1v) is 15.4. The molecule has 6 rings (SSSR count). The zero-order valence-electron chi connectivity index (χ0n) is 23.6. The molecule has 0 bridgehead atoms. The topological polar surface area (TPSA) is 97.6 Å². The smallest absolute Gasteiger partial charge is 0.338 e. The van der Waals surface area contributed by atoms with E-state index in [0.29, 0.717) is 55.8 Å². The van der Waals surface area contributed by atoms with Crippen LogP contribution in [0.4, 0.5) is 0 Å². The lowest BCUT2D eigenvalue weighted by Crippen LogP contribution is -2.39. The van der Waals surface area contributed by atoms with Crippen LogP contribution in [0.2, 0.25) is 0 Å². The Morgan fingerprint density at radius 2 is 1.93 bits per heavy atom. The van der Waals surface area contributed by atoms with E-state index in [1.807, 2.05) is 48.5 Å². The first-order valence-electron chi connectivity index (χ1n) is 13.5. The van der Waals surface area contributed by atoms with Gasteiger partial charge in [-0.1, -0.05) is 47.7 Å². The predicted molar refractivity (Wildman–Crippen MR) is 169 cm³/mol. The molecule has 11 heteroatoms. The number of thiazole rings is 1. The number of allylic oxidation sites excluding steroid dienone is 1. The number of hydrogen-bond acceptors (Lipinski definition) is 9. The molecule has 3 aromatic carbocycles. The van der Waals surface area contributed by atoms with E-state index in [-0.39, 0.29) is 19.0 Å². The second-order valence-corrected chi connectivity index (χ2v) is 11.9. The molecule has 0 aliphatic carbocycles. The maximum absolute atomic E-state index is 14.0. The largest absolute Gasteiger partial charge is 0.493 e. The first kappa shape index (κ1) is 29.0. The highest BCUT2D eigenvalue weighted by Gasteiger charge is 2.34. The molecule has 43 heavy (non-hydrogen) atoms. The van der Waals surface area contributed by atoms with E-state index in [1.54, 1.807) is 43.7 Å². The van der Waals surface area contributed by atoms with Crippen molar-refractivity contribution < 1.29 is 28.5 Å². The lowest BCUT2D eigenvalue weighted by atomic mass is 9.95. The summed E-state index contributed by atoms with van der Waals surface area (Å²) in [6, 6.07) is 18.3. The molecule has 9 nitrogen and oxygen atoms in total. The van der Waals surface area contributed by atoms with Crippen LogP contribution in [0.25, 0.3) is 6.08 Å². The zero-order chi connectivity index (χ0) is 30.1. The molecule has 1 atom stereocenters. The van der Waals surface area contributed by atoms with Crippen LogP contribution in [0.15, 0.2) is 81.7 Å². The minimum absolute atomic E-state index is 0.111. The highest BCUT2D eigenvalue weighted by Crippen LogP contribution is 2.38. The monoisotopic (exact) mass is 710 g/mol. The van der Waals surface area contributed by atoms with Gasteiger partial charge in [0.25, 0.3) is 5.56 Å². The molecule has 0 amide bonds. The van der Waals surface area contributed by atoms with Gasteiger partial charge in [-0.25, -0.2) is 9.79 Å². The van der Waals surface area contributed by atoms with Crippen molar-refractivity contribution in [2.75, 3.05) is 20.5 Å². The molecule has 0 spiro atoms. The number of ether oxygens (including phenoxy) is 5. The number of halogens is 1. The number of carbonyl (C=O) groups is 1. The van der Waals surface area contributed by atoms with E-state index < -0.39 is 12.0 Å². The third kappa shape index (κ3) is 5.66. The van der Waals surface area contributed by atoms with Crippen molar-refractivity contribution in [3.8, 4) is 23.0 Å². The molecular formula is C32H27IN2O7S. The fourth-order valence-corrected chi connectivity index (χ4v) is 6.86. The van der Waals surface area contributed by atoms with Gasteiger partial charge in [0.1, 0.15) is 6.61 Å². The molecule has 2 aliphatic rings. The van der Waals surface area contributed by atoms with Gasteiger partial charge in [0.15, 0.2) is 27.8 Å². The van der Waals surface area contributed by atoms with Crippen LogP contribution in [0.3, 0.4) is 0 Å². The first-order chi connectivity index (χ1) is 20.9. The number of esters is 1. The molecule has 0 saturated heterocycles. The number of rotatable bonds is 8. The summed E-state index contributed by atoms with van der Waals surface area (Å²) >= 11 is 3.46. The highest BCUT2D eigenvalue weighted by molar-refractivity contribution is 14.1. The van der Waals surface area contributed by atoms with E-state index in [4.69, 9.17) is 23.7 Å². The van der Waals surface area contributed by atoms with E-state index >= 15 is 0 Å². The molecule has 0 radical (unpaired) electrons. The van der Waals surface area contributed by atoms with Crippen LogP contribution < -0.4 is 33.8 Å². The van der Waals surface area contributed by atoms with Crippen molar-refractivity contribution in [3.63, 3.8) is 0 Å². The molecule has 3 heterocycles. The number of aromatic nitrogens is 1. The summed E-state index contributed by atoms with van der Waals surface area (Å²) in [5.41, 5.74) is 3.00. The quantitative estimate of drug-likeness (QED) is 0.193. The minimum Gasteiger partial charge on any atom is -0.493 e. The predicted octanol–water partition coefficient (Wildman–Crippen LogP) is 4.72. The Morgan fingerprint density at radius 3 is 2.70 bits per heavy atom. The number of fused-ring (bicyclic) bond motifs is 2. The fourth-order valence-electron chi connectivity index (χ4n) is 5.03. The van der Waals surface area contributed by atoms with Crippen LogP contribution in [0.1, 0.15) is 36.6 Å². The maximum Gasteiger partial charge on any atom is 0.338 e. The van der Waals surface area contributed by atoms with Crippen LogP contribution in [0, 0.1) is 3.57 Å². The second kappa shape index (κ2) is 12.3. The van der Waals surface area contributed by atoms with E-state index in [9.17, 15) is 9.59 Å². The van der Waals surface area contributed by atoms with Gasteiger partial charge in [0.2, 0.25) is 6.79 Å². The van der Waals surface area contributed by atoms with Crippen molar-refractivity contribution in [2.45, 2.75) is 26.5 Å². The Morgan fingerprint density at radius 1 is 1.14 bits per heavy atom. The number of nitrogens with zero attached hydrogens (tertiary/aromatic N) is 2. The maximum atomic E-state index is 14.0. The number of carbonyl (C=O) groups excluding carboxylic acids is 1. The third-order valence-corrected chi connectivity index (χ3v) is 8.79. The van der Waals surface area contributed by atoms with Gasteiger partial charge in [0.05, 0.1) is 39.1 Å². The van der Waals surface area contributed by atoms with Gasteiger partial charge in [-0.3, -0.25) is 9.36 Å². The molecular weight excluding hydrogens is 683 g/mol. The highest BCUT2D eigenvalue weighted by atomic mass is 127. The molecule has 2 aliphatic heterocycles. The Labute approximate surface area is 264 Å². The Balaban J connectivity index is 1.43. The van der Waals surface area contributed by atoms with Gasteiger partial charge >= 0.3 is 5.97 Å². The second-order valence-electron chi connectivity index (χ2n) is 9.72. The molecule has 4 aromatic rings.